The van der Waals surface area contributed by atoms with Gasteiger partial charge in [0.15, 0.2) is 0 Å². The molecule has 0 saturated heterocycles. The summed E-state index contributed by atoms with van der Waals surface area (Å²) < 4.78 is 10.7. The van der Waals surface area contributed by atoms with E-state index in [9.17, 15) is 9.59 Å². The normalized spacial score (nSPS) is 15.9. The highest BCUT2D eigenvalue weighted by atomic mass is 16.5. The van der Waals surface area contributed by atoms with Gasteiger partial charge in [0.05, 0.1) is 24.7 Å². The number of esters is 2. The molecule has 0 aromatic rings. The van der Waals surface area contributed by atoms with Crippen molar-refractivity contribution in [2.45, 2.75) is 78.6 Å². The molecule has 1 fully saturated rings. The number of unbranched alkanes of at least 4 members (excludes halogenated alkanes) is 2. The number of carbonyl (C=O) groups is 2. The lowest BCUT2D eigenvalue weighted by Gasteiger charge is -2.22. The van der Waals surface area contributed by atoms with E-state index in [1.165, 1.54) is 6.42 Å². The van der Waals surface area contributed by atoms with Crippen molar-refractivity contribution in [3.8, 4) is 0 Å². The summed E-state index contributed by atoms with van der Waals surface area (Å²) in [5.74, 6) is -1.16. The highest BCUT2D eigenvalue weighted by molar-refractivity contribution is 5.96. The second-order valence-corrected chi connectivity index (χ2v) is 6.31. The number of carbonyl (C=O) groups excluding carboxylic acids is 2. The van der Waals surface area contributed by atoms with E-state index in [2.05, 4.69) is 13.8 Å². The molecular weight excluding hydrogens is 292 g/mol. The number of ether oxygens (including phenoxy) is 2. The van der Waals surface area contributed by atoms with Gasteiger partial charge >= 0.3 is 11.9 Å². The number of rotatable bonds is 9. The molecule has 1 rings (SSSR count). The minimum atomic E-state index is -0.533. The number of allylic oxidation sites excluding steroid dienone is 1. The zero-order valence-corrected chi connectivity index (χ0v) is 15.0. The molecule has 0 radical (unpaired) electrons. The van der Waals surface area contributed by atoms with E-state index >= 15 is 0 Å². The zero-order chi connectivity index (χ0) is 17.1. The molecule has 0 aromatic heterocycles. The molecule has 1 atom stereocenters. The fraction of sp³-hybridized carbons (Fsp3) is 0.789. The quantitative estimate of drug-likeness (QED) is 0.354. The molecule has 132 valence electrons. The van der Waals surface area contributed by atoms with Crippen LogP contribution in [-0.4, -0.2) is 25.2 Å². The molecule has 4 nitrogen and oxygen atoms in total. The molecule has 1 saturated carbocycles. The Balaban J connectivity index is 2.81. The van der Waals surface area contributed by atoms with Crippen molar-refractivity contribution in [1.29, 1.82) is 0 Å². The summed E-state index contributed by atoms with van der Waals surface area (Å²) in [5, 5.41) is 0. The summed E-state index contributed by atoms with van der Waals surface area (Å²) in [6, 6.07) is 0. The van der Waals surface area contributed by atoms with Gasteiger partial charge in [-0.3, -0.25) is 4.79 Å². The molecule has 4 heteroatoms. The largest absolute Gasteiger partial charge is 0.465 e. The van der Waals surface area contributed by atoms with Crippen LogP contribution in [0.15, 0.2) is 11.1 Å². The first-order valence-corrected chi connectivity index (χ1v) is 9.17. The monoisotopic (exact) mass is 324 g/mol. The number of hydrogen-bond acceptors (Lipinski definition) is 4. The third-order valence-corrected chi connectivity index (χ3v) is 4.32. The molecule has 0 aromatic carbocycles. The average Bonchev–Trinajstić information content (AvgIpc) is 2.56. The first-order valence-electron chi connectivity index (χ1n) is 9.17. The second kappa shape index (κ2) is 11.3. The van der Waals surface area contributed by atoms with Crippen LogP contribution in [0.1, 0.15) is 78.6 Å². The first-order chi connectivity index (χ1) is 11.1. The van der Waals surface area contributed by atoms with Crippen LogP contribution >= 0.6 is 0 Å². The summed E-state index contributed by atoms with van der Waals surface area (Å²) >= 11 is 0. The maximum Gasteiger partial charge on any atom is 0.334 e. The van der Waals surface area contributed by atoms with Crippen molar-refractivity contribution in [2.75, 3.05) is 13.2 Å². The molecule has 1 aliphatic rings. The van der Waals surface area contributed by atoms with E-state index in [-0.39, 0.29) is 11.9 Å². The zero-order valence-electron chi connectivity index (χ0n) is 15.0. The Morgan fingerprint density at radius 2 is 1.52 bits per heavy atom. The predicted octanol–water partition coefficient (Wildman–Crippen LogP) is 4.57. The van der Waals surface area contributed by atoms with Gasteiger partial charge in [-0.15, -0.1) is 0 Å². The lowest BCUT2D eigenvalue weighted by Crippen LogP contribution is -2.25. The van der Waals surface area contributed by atoms with Gasteiger partial charge in [-0.05, 0) is 45.4 Å². The summed E-state index contributed by atoms with van der Waals surface area (Å²) in [6.07, 6.45) is 8.81. The van der Waals surface area contributed by atoms with Crippen LogP contribution in [0.25, 0.3) is 0 Å². The Morgan fingerprint density at radius 1 is 0.957 bits per heavy atom. The Hall–Kier alpha value is -1.32. The summed E-state index contributed by atoms with van der Waals surface area (Å²) in [5.41, 5.74) is 1.65. The van der Waals surface area contributed by atoms with Crippen LogP contribution < -0.4 is 0 Å². The molecule has 1 aliphatic carbocycles. The fourth-order valence-corrected chi connectivity index (χ4v) is 2.82. The molecule has 0 bridgehead atoms. The summed E-state index contributed by atoms with van der Waals surface area (Å²) in [7, 11) is 0. The van der Waals surface area contributed by atoms with Crippen LogP contribution in [0.2, 0.25) is 0 Å². The highest BCUT2D eigenvalue weighted by Gasteiger charge is 2.29. The third kappa shape index (κ3) is 6.76. The Labute approximate surface area is 140 Å². The van der Waals surface area contributed by atoms with Crippen LogP contribution in [-0.2, 0) is 19.1 Å². The molecular formula is C19H32O4. The average molecular weight is 324 g/mol. The van der Waals surface area contributed by atoms with E-state index in [0.717, 1.165) is 56.9 Å². The minimum absolute atomic E-state index is 0.307. The van der Waals surface area contributed by atoms with Crippen molar-refractivity contribution in [3.05, 3.63) is 11.1 Å². The predicted molar refractivity (Wildman–Crippen MR) is 91.0 cm³/mol. The Morgan fingerprint density at radius 3 is 2.09 bits per heavy atom. The fourth-order valence-electron chi connectivity index (χ4n) is 2.82. The minimum Gasteiger partial charge on any atom is -0.465 e. The maximum atomic E-state index is 12.5. The van der Waals surface area contributed by atoms with Gasteiger partial charge in [0.25, 0.3) is 0 Å². The summed E-state index contributed by atoms with van der Waals surface area (Å²) in [4.78, 5) is 24.8. The van der Waals surface area contributed by atoms with Gasteiger partial charge < -0.3 is 9.47 Å². The number of hydrogen-bond donors (Lipinski definition) is 0. The van der Waals surface area contributed by atoms with Crippen molar-refractivity contribution >= 4 is 11.9 Å². The van der Waals surface area contributed by atoms with Crippen molar-refractivity contribution in [1.82, 2.24) is 0 Å². The molecule has 0 heterocycles. The van der Waals surface area contributed by atoms with E-state index in [0.29, 0.717) is 18.8 Å². The molecule has 0 N–H and O–H groups in total. The van der Waals surface area contributed by atoms with E-state index in [4.69, 9.17) is 9.47 Å². The van der Waals surface area contributed by atoms with E-state index in [1.807, 2.05) is 0 Å². The Bertz CT molecular complexity index is 404. The lowest BCUT2D eigenvalue weighted by atomic mass is 9.86. The first kappa shape index (κ1) is 19.7. The highest BCUT2D eigenvalue weighted by Crippen LogP contribution is 2.30. The van der Waals surface area contributed by atoms with Crippen molar-refractivity contribution in [3.63, 3.8) is 0 Å². The molecule has 0 spiro atoms. The van der Waals surface area contributed by atoms with Gasteiger partial charge in [-0.1, -0.05) is 38.7 Å². The topological polar surface area (TPSA) is 52.6 Å². The van der Waals surface area contributed by atoms with Crippen molar-refractivity contribution < 1.29 is 19.1 Å². The summed E-state index contributed by atoms with van der Waals surface area (Å²) in [6.45, 7) is 6.73. The third-order valence-electron chi connectivity index (χ3n) is 4.32. The Kier molecular flexibility index (Phi) is 9.65. The van der Waals surface area contributed by atoms with Gasteiger partial charge in [0, 0.05) is 0 Å². The molecule has 0 amide bonds. The standard InChI is InChI=1S/C19H32O4/c1-4-6-13-22-18(20)15(3)17(16-11-9-8-10-12-16)19(21)23-14-7-5-2/h15H,4-14H2,1-3H3. The van der Waals surface area contributed by atoms with E-state index < -0.39 is 5.92 Å². The van der Waals surface area contributed by atoms with Crippen LogP contribution in [0, 0.1) is 5.92 Å². The van der Waals surface area contributed by atoms with Crippen LogP contribution in [0.5, 0.6) is 0 Å². The van der Waals surface area contributed by atoms with Crippen LogP contribution in [0.4, 0.5) is 0 Å². The van der Waals surface area contributed by atoms with E-state index in [1.54, 1.807) is 6.92 Å². The van der Waals surface area contributed by atoms with Gasteiger partial charge in [-0.2, -0.15) is 0 Å². The molecule has 23 heavy (non-hydrogen) atoms. The smallest absolute Gasteiger partial charge is 0.334 e. The lowest BCUT2D eigenvalue weighted by molar-refractivity contribution is -0.150. The molecule has 0 aliphatic heterocycles. The van der Waals surface area contributed by atoms with Crippen LogP contribution in [0.3, 0.4) is 0 Å². The maximum absolute atomic E-state index is 12.5. The molecule has 1 unspecified atom stereocenters. The van der Waals surface area contributed by atoms with Gasteiger partial charge in [0.2, 0.25) is 0 Å². The second-order valence-electron chi connectivity index (χ2n) is 6.31. The van der Waals surface area contributed by atoms with Crippen molar-refractivity contribution in [2.24, 2.45) is 5.92 Å². The van der Waals surface area contributed by atoms with Gasteiger partial charge in [0.1, 0.15) is 0 Å². The SMILES string of the molecule is CCCCOC(=O)C(=C1CCCCC1)C(C)C(=O)OCCCC. The van der Waals surface area contributed by atoms with Gasteiger partial charge in [-0.25, -0.2) is 4.79 Å².